The zero-order valence-electron chi connectivity index (χ0n) is 15.3. The van der Waals surface area contributed by atoms with Gasteiger partial charge >= 0.3 is 0 Å². The molecule has 148 valence electrons. The highest BCUT2D eigenvalue weighted by Gasteiger charge is 2.33. The predicted molar refractivity (Wildman–Crippen MR) is 99.7 cm³/mol. The van der Waals surface area contributed by atoms with Crippen LogP contribution in [0.2, 0.25) is 0 Å². The van der Waals surface area contributed by atoms with E-state index in [9.17, 15) is 13.6 Å². The Hall–Kier alpha value is -3.69. The molecular formula is C19H16F2N6O2. The van der Waals surface area contributed by atoms with E-state index in [0.29, 0.717) is 30.3 Å². The lowest BCUT2D eigenvalue weighted by Gasteiger charge is -2.40. The minimum absolute atomic E-state index is 0.116. The van der Waals surface area contributed by atoms with Gasteiger partial charge in [0.1, 0.15) is 23.5 Å². The summed E-state index contributed by atoms with van der Waals surface area (Å²) in [5.74, 6) is -1.33. The summed E-state index contributed by atoms with van der Waals surface area (Å²) in [7, 11) is 0. The van der Waals surface area contributed by atoms with Gasteiger partial charge in [-0.3, -0.25) is 4.79 Å². The van der Waals surface area contributed by atoms with Crippen molar-refractivity contribution >= 4 is 17.4 Å². The van der Waals surface area contributed by atoms with Crippen LogP contribution < -0.4 is 15.0 Å². The summed E-state index contributed by atoms with van der Waals surface area (Å²) >= 11 is 0. The lowest BCUT2D eigenvalue weighted by molar-refractivity contribution is 0.102. The molecule has 0 atom stereocenters. The average Bonchev–Trinajstić information content (AvgIpc) is 2.63. The Bertz CT molecular complexity index is 1040. The number of benzene rings is 1. The number of aromatic nitrogens is 4. The number of nitrogens with zero attached hydrogens (tertiary/aromatic N) is 5. The van der Waals surface area contributed by atoms with E-state index in [1.165, 1.54) is 18.6 Å². The maximum atomic E-state index is 13.3. The second-order valence-corrected chi connectivity index (χ2v) is 6.52. The van der Waals surface area contributed by atoms with E-state index >= 15 is 0 Å². The molecule has 4 rings (SSSR count). The number of hydrogen-bond donors (Lipinski definition) is 1. The molecular weight excluding hydrogens is 382 g/mol. The molecule has 0 spiro atoms. The van der Waals surface area contributed by atoms with Crippen molar-refractivity contribution in [2.45, 2.75) is 13.0 Å². The molecule has 1 aliphatic rings. The van der Waals surface area contributed by atoms with Gasteiger partial charge in [0.25, 0.3) is 5.91 Å². The first-order valence-electron chi connectivity index (χ1n) is 8.77. The lowest BCUT2D eigenvalue weighted by atomic mass is 10.1. The van der Waals surface area contributed by atoms with E-state index in [0.717, 1.165) is 18.2 Å². The highest BCUT2D eigenvalue weighted by Crippen LogP contribution is 2.26. The van der Waals surface area contributed by atoms with Crippen molar-refractivity contribution in [1.82, 2.24) is 20.2 Å². The Balaban J connectivity index is 1.43. The fourth-order valence-electron chi connectivity index (χ4n) is 2.93. The average molecular weight is 398 g/mol. The third-order valence-corrected chi connectivity index (χ3v) is 4.21. The summed E-state index contributed by atoms with van der Waals surface area (Å²) in [6, 6.07) is 4.71. The molecule has 8 nitrogen and oxygen atoms in total. The van der Waals surface area contributed by atoms with Gasteiger partial charge < -0.3 is 15.0 Å². The number of hydrogen-bond acceptors (Lipinski definition) is 7. The molecule has 10 heteroatoms. The molecule has 1 aliphatic heterocycles. The van der Waals surface area contributed by atoms with Crippen molar-refractivity contribution in [3.05, 3.63) is 65.9 Å². The number of aryl methyl sites for hydroxylation is 1. The van der Waals surface area contributed by atoms with Crippen LogP contribution >= 0.6 is 0 Å². The molecule has 1 saturated heterocycles. The van der Waals surface area contributed by atoms with Crippen LogP contribution in [0.25, 0.3) is 0 Å². The Morgan fingerprint density at radius 2 is 1.86 bits per heavy atom. The predicted octanol–water partition coefficient (Wildman–Crippen LogP) is 2.37. The fraction of sp³-hybridized carbons (Fsp3) is 0.211. The molecule has 0 aliphatic carbocycles. The number of carbonyl (C=O) groups is 1. The van der Waals surface area contributed by atoms with Crippen LogP contribution in [0.5, 0.6) is 5.75 Å². The number of anilines is 2. The van der Waals surface area contributed by atoms with Gasteiger partial charge in [-0.05, 0) is 13.0 Å². The van der Waals surface area contributed by atoms with E-state index in [2.05, 4.69) is 25.5 Å². The summed E-state index contributed by atoms with van der Waals surface area (Å²) in [6.07, 6.45) is 4.06. The van der Waals surface area contributed by atoms with E-state index in [-0.39, 0.29) is 17.5 Å². The van der Waals surface area contributed by atoms with Crippen LogP contribution in [0.1, 0.15) is 16.2 Å². The van der Waals surface area contributed by atoms with Crippen molar-refractivity contribution in [2.24, 2.45) is 0 Å². The molecule has 3 aromatic rings. The molecule has 1 aromatic carbocycles. The smallest absolute Gasteiger partial charge is 0.278 e. The molecule has 3 heterocycles. The van der Waals surface area contributed by atoms with Crippen LogP contribution in [0.4, 0.5) is 20.3 Å². The fourth-order valence-corrected chi connectivity index (χ4v) is 2.93. The molecule has 2 aromatic heterocycles. The molecule has 1 N–H and O–H groups in total. The SMILES string of the molecule is Cc1cc(NC(=O)c2nccnc2N2CC(Oc3cc(F)cc(F)c3)C2)cnn1. The lowest BCUT2D eigenvalue weighted by Crippen LogP contribution is -2.54. The number of carbonyl (C=O) groups excluding carboxylic acids is 1. The van der Waals surface area contributed by atoms with Crippen LogP contribution in [-0.4, -0.2) is 45.3 Å². The number of rotatable bonds is 5. The zero-order chi connectivity index (χ0) is 20.4. The van der Waals surface area contributed by atoms with Crippen LogP contribution in [-0.2, 0) is 0 Å². The van der Waals surface area contributed by atoms with Gasteiger partial charge in [-0.2, -0.15) is 10.2 Å². The Labute approximate surface area is 164 Å². The number of halogens is 2. The third kappa shape index (κ3) is 4.26. The number of ether oxygens (including phenoxy) is 1. The summed E-state index contributed by atoms with van der Waals surface area (Å²) in [6.45, 7) is 2.56. The van der Waals surface area contributed by atoms with Gasteiger partial charge in [0, 0.05) is 30.6 Å². The molecule has 29 heavy (non-hydrogen) atoms. The van der Waals surface area contributed by atoms with Crippen molar-refractivity contribution in [1.29, 1.82) is 0 Å². The van der Waals surface area contributed by atoms with E-state index in [1.807, 2.05) is 0 Å². The maximum absolute atomic E-state index is 13.3. The second-order valence-electron chi connectivity index (χ2n) is 6.52. The first-order valence-corrected chi connectivity index (χ1v) is 8.77. The topological polar surface area (TPSA) is 93.1 Å². The molecule has 0 bridgehead atoms. The van der Waals surface area contributed by atoms with Crippen molar-refractivity contribution in [3.63, 3.8) is 0 Å². The van der Waals surface area contributed by atoms with Gasteiger partial charge in [0.05, 0.1) is 30.7 Å². The summed E-state index contributed by atoms with van der Waals surface area (Å²) in [4.78, 5) is 22.8. The minimum Gasteiger partial charge on any atom is -0.487 e. The number of nitrogens with one attached hydrogen (secondary N) is 1. The zero-order valence-corrected chi connectivity index (χ0v) is 15.3. The summed E-state index contributed by atoms with van der Waals surface area (Å²) in [5.41, 5.74) is 1.31. The maximum Gasteiger partial charge on any atom is 0.278 e. The van der Waals surface area contributed by atoms with Crippen molar-refractivity contribution in [3.8, 4) is 5.75 Å². The van der Waals surface area contributed by atoms with Gasteiger partial charge in [0.15, 0.2) is 11.5 Å². The van der Waals surface area contributed by atoms with Crippen molar-refractivity contribution < 1.29 is 18.3 Å². The van der Waals surface area contributed by atoms with Crippen LogP contribution in [0, 0.1) is 18.6 Å². The largest absolute Gasteiger partial charge is 0.487 e. The Kier molecular flexibility index (Phi) is 4.98. The quantitative estimate of drug-likeness (QED) is 0.705. The molecule has 0 unspecified atom stereocenters. The molecule has 1 amide bonds. The summed E-state index contributed by atoms with van der Waals surface area (Å²) < 4.78 is 32.2. The van der Waals surface area contributed by atoms with Gasteiger partial charge in [-0.1, -0.05) is 0 Å². The molecule has 0 saturated carbocycles. The van der Waals surface area contributed by atoms with Gasteiger partial charge in [0.2, 0.25) is 0 Å². The summed E-state index contributed by atoms with van der Waals surface area (Å²) in [5, 5.41) is 10.4. The van der Waals surface area contributed by atoms with E-state index < -0.39 is 17.5 Å². The normalized spacial score (nSPS) is 13.7. The Morgan fingerprint density at radius 3 is 2.59 bits per heavy atom. The third-order valence-electron chi connectivity index (χ3n) is 4.21. The van der Waals surface area contributed by atoms with Crippen LogP contribution in [0.15, 0.2) is 42.9 Å². The van der Waals surface area contributed by atoms with Gasteiger partial charge in [-0.25, -0.2) is 18.7 Å². The molecule has 0 radical (unpaired) electrons. The second kappa shape index (κ2) is 7.74. The highest BCUT2D eigenvalue weighted by molar-refractivity contribution is 6.06. The van der Waals surface area contributed by atoms with E-state index in [4.69, 9.17) is 4.74 Å². The number of amides is 1. The Morgan fingerprint density at radius 1 is 1.14 bits per heavy atom. The van der Waals surface area contributed by atoms with E-state index in [1.54, 1.807) is 17.9 Å². The van der Waals surface area contributed by atoms with Crippen LogP contribution in [0.3, 0.4) is 0 Å². The monoisotopic (exact) mass is 398 g/mol. The molecule has 1 fully saturated rings. The first kappa shape index (κ1) is 18.7. The minimum atomic E-state index is -0.704. The van der Waals surface area contributed by atoms with Gasteiger partial charge in [-0.15, -0.1) is 0 Å². The van der Waals surface area contributed by atoms with Crippen molar-refractivity contribution in [2.75, 3.05) is 23.3 Å². The first-order chi connectivity index (χ1) is 14.0. The standard InChI is InChI=1S/C19H16F2N6O2/c1-11-4-14(8-24-26-11)25-19(28)17-18(23-3-2-22-17)27-9-16(10-27)29-15-6-12(20)5-13(21)7-15/h2-8,16H,9-10H2,1H3,(H,25,26,28). The highest BCUT2D eigenvalue weighted by atomic mass is 19.1.